The summed E-state index contributed by atoms with van der Waals surface area (Å²) in [5.74, 6) is 0. The van der Waals surface area contributed by atoms with E-state index < -0.39 is 9.12 Å². The van der Waals surface area contributed by atoms with Gasteiger partial charge >= 0.3 is 0 Å². The highest BCUT2D eigenvalue weighted by Crippen LogP contribution is 1.85. The zero-order chi connectivity index (χ0) is 7.98. The van der Waals surface area contributed by atoms with Crippen molar-refractivity contribution in [2.45, 2.75) is 6.04 Å². The smallest absolute Gasteiger partial charge is 0.185 e. The fourth-order valence-electron chi connectivity index (χ4n) is 0.820. The van der Waals surface area contributed by atoms with Crippen LogP contribution in [0.4, 0.5) is 0 Å². The SMILES string of the molecule is CN[SiH](CCN(C)C)NC. The average molecular weight is 161 g/mol. The van der Waals surface area contributed by atoms with Crippen LogP contribution in [-0.4, -0.2) is 48.8 Å². The lowest BCUT2D eigenvalue weighted by molar-refractivity contribution is 0.431. The number of nitrogens with one attached hydrogen (secondary N) is 2. The van der Waals surface area contributed by atoms with Crippen LogP contribution in [0.25, 0.3) is 0 Å². The van der Waals surface area contributed by atoms with Crippen molar-refractivity contribution in [2.75, 3.05) is 34.7 Å². The summed E-state index contributed by atoms with van der Waals surface area (Å²) >= 11 is 0. The molecular formula is C6H19N3Si. The second-order valence-electron chi connectivity index (χ2n) is 2.72. The van der Waals surface area contributed by atoms with Gasteiger partial charge in [-0.1, -0.05) is 0 Å². The Morgan fingerprint density at radius 2 is 1.70 bits per heavy atom. The van der Waals surface area contributed by atoms with Crippen molar-refractivity contribution in [3.63, 3.8) is 0 Å². The van der Waals surface area contributed by atoms with Gasteiger partial charge in [0.25, 0.3) is 0 Å². The molecule has 0 aliphatic rings. The third-order valence-electron chi connectivity index (χ3n) is 1.56. The van der Waals surface area contributed by atoms with Crippen molar-refractivity contribution in [2.24, 2.45) is 0 Å². The summed E-state index contributed by atoms with van der Waals surface area (Å²) in [5, 5.41) is 0. The van der Waals surface area contributed by atoms with Crippen LogP contribution in [0.2, 0.25) is 6.04 Å². The molecule has 0 aromatic rings. The first-order chi connectivity index (χ1) is 4.70. The van der Waals surface area contributed by atoms with Crippen LogP contribution >= 0.6 is 0 Å². The summed E-state index contributed by atoms with van der Waals surface area (Å²) in [6.45, 7) is 1.18. The predicted molar refractivity (Wildman–Crippen MR) is 48.6 cm³/mol. The largest absolute Gasteiger partial charge is 0.331 e. The molecule has 62 valence electrons. The normalized spacial score (nSPS) is 11.4. The van der Waals surface area contributed by atoms with E-state index in [0.717, 1.165) is 0 Å². The van der Waals surface area contributed by atoms with Crippen LogP contribution in [0.15, 0.2) is 0 Å². The highest BCUT2D eigenvalue weighted by molar-refractivity contribution is 6.53. The van der Waals surface area contributed by atoms with E-state index in [4.69, 9.17) is 0 Å². The van der Waals surface area contributed by atoms with E-state index in [2.05, 4.69) is 29.0 Å². The van der Waals surface area contributed by atoms with Crippen LogP contribution in [-0.2, 0) is 0 Å². The molecule has 0 amide bonds. The second-order valence-corrected chi connectivity index (χ2v) is 5.56. The summed E-state index contributed by atoms with van der Waals surface area (Å²) in [4.78, 5) is 8.83. The molecule has 0 atom stereocenters. The van der Waals surface area contributed by atoms with E-state index in [9.17, 15) is 0 Å². The molecule has 0 heterocycles. The minimum absolute atomic E-state index is 0.790. The first-order valence-corrected chi connectivity index (χ1v) is 5.67. The van der Waals surface area contributed by atoms with Crippen molar-refractivity contribution >= 4 is 9.12 Å². The number of rotatable bonds is 5. The topological polar surface area (TPSA) is 27.3 Å². The Hall–Kier alpha value is 0.0969. The molecule has 0 aliphatic heterocycles. The number of nitrogens with zero attached hydrogens (tertiary/aromatic N) is 1. The summed E-state index contributed by atoms with van der Waals surface area (Å²) in [5.41, 5.74) is 0. The molecule has 4 heteroatoms. The van der Waals surface area contributed by atoms with Crippen LogP contribution in [0.3, 0.4) is 0 Å². The van der Waals surface area contributed by atoms with Gasteiger partial charge in [-0.25, -0.2) is 0 Å². The zero-order valence-electron chi connectivity index (χ0n) is 7.44. The van der Waals surface area contributed by atoms with Gasteiger partial charge in [0.2, 0.25) is 0 Å². The predicted octanol–water partition coefficient (Wildman–Crippen LogP) is -0.793. The Morgan fingerprint density at radius 1 is 1.20 bits per heavy atom. The van der Waals surface area contributed by atoms with E-state index in [1.807, 2.05) is 14.1 Å². The fourth-order valence-corrected chi connectivity index (χ4v) is 2.46. The molecule has 0 aliphatic carbocycles. The molecule has 0 bridgehead atoms. The molecule has 0 aromatic carbocycles. The molecule has 2 N–H and O–H groups in total. The van der Waals surface area contributed by atoms with E-state index in [1.54, 1.807) is 0 Å². The Balaban J connectivity index is 3.26. The lowest BCUT2D eigenvalue weighted by Gasteiger charge is -2.15. The molecule has 0 saturated carbocycles. The molecule has 0 radical (unpaired) electrons. The molecule has 0 spiro atoms. The summed E-state index contributed by atoms with van der Waals surface area (Å²) in [7, 11) is 7.49. The van der Waals surface area contributed by atoms with Gasteiger partial charge in [0.1, 0.15) is 0 Å². The maximum atomic E-state index is 3.31. The zero-order valence-corrected chi connectivity index (χ0v) is 8.59. The first-order valence-electron chi connectivity index (χ1n) is 3.70. The summed E-state index contributed by atoms with van der Waals surface area (Å²) < 4.78 is 0. The molecular weight excluding hydrogens is 142 g/mol. The Labute approximate surface area is 65.6 Å². The van der Waals surface area contributed by atoms with Crippen LogP contribution in [0.1, 0.15) is 0 Å². The Kier molecular flexibility index (Phi) is 5.91. The van der Waals surface area contributed by atoms with Crippen molar-refractivity contribution in [1.82, 2.24) is 14.9 Å². The van der Waals surface area contributed by atoms with Gasteiger partial charge < -0.3 is 14.9 Å². The molecule has 0 unspecified atom stereocenters. The third-order valence-corrected chi connectivity index (χ3v) is 3.79. The van der Waals surface area contributed by atoms with Gasteiger partial charge in [0.05, 0.1) is 0 Å². The van der Waals surface area contributed by atoms with Gasteiger partial charge in [0, 0.05) is 0 Å². The summed E-state index contributed by atoms with van der Waals surface area (Å²) in [6, 6.07) is 1.28. The molecule has 0 fully saturated rings. The van der Waals surface area contributed by atoms with E-state index in [0.29, 0.717) is 0 Å². The standard InChI is InChI=1S/C6H19N3Si/c1-7-10(8-2)6-5-9(3)4/h7-8,10H,5-6H2,1-4H3. The molecule has 0 rings (SSSR count). The maximum Gasteiger partial charge on any atom is 0.185 e. The summed E-state index contributed by atoms with van der Waals surface area (Å²) in [6.07, 6.45) is 0. The van der Waals surface area contributed by atoms with E-state index in [-0.39, 0.29) is 0 Å². The fraction of sp³-hybridized carbons (Fsp3) is 1.00. The first kappa shape index (κ1) is 10.1. The van der Waals surface area contributed by atoms with Crippen molar-refractivity contribution in [1.29, 1.82) is 0 Å². The van der Waals surface area contributed by atoms with E-state index in [1.165, 1.54) is 12.6 Å². The number of hydrogen-bond donors (Lipinski definition) is 2. The minimum Gasteiger partial charge on any atom is -0.331 e. The third kappa shape index (κ3) is 4.93. The van der Waals surface area contributed by atoms with Crippen molar-refractivity contribution < 1.29 is 0 Å². The number of hydrogen-bond acceptors (Lipinski definition) is 3. The van der Waals surface area contributed by atoms with Crippen molar-refractivity contribution in [3.8, 4) is 0 Å². The van der Waals surface area contributed by atoms with Crippen LogP contribution in [0, 0.1) is 0 Å². The van der Waals surface area contributed by atoms with Gasteiger partial charge in [-0.2, -0.15) is 0 Å². The van der Waals surface area contributed by atoms with Crippen LogP contribution < -0.4 is 9.96 Å². The highest BCUT2D eigenvalue weighted by atomic mass is 28.3. The monoisotopic (exact) mass is 161 g/mol. The average Bonchev–Trinajstić information content (AvgIpc) is 1.90. The minimum atomic E-state index is -0.790. The molecule has 3 nitrogen and oxygen atoms in total. The van der Waals surface area contributed by atoms with Crippen LogP contribution in [0.5, 0.6) is 0 Å². The van der Waals surface area contributed by atoms with Gasteiger partial charge in [-0.3, -0.25) is 0 Å². The Morgan fingerprint density at radius 3 is 2.00 bits per heavy atom. The van der Waals surface area contributed by atoms with Crippen molar-refractivity contribution in [3.05, 3.63) is 0 Å². The lowest BCUT2D eigenvalue weighted by Crippen LogP contribution is -2.44. The highest BCUT2D eigenvalue weighted by Gasteiger charge is 2.04. The Bertz CT molecular complexity index is 73.4. The van der Waals surface area contributed by atoms with Gasteiger partial charge in [-0.05, 0) is 40.8 Å². The van der Waals surface area contributed by atoms with E-state index >= 15 is 0 Å². The lowest BCUT2D eigenvalue weighted by atomic mass is 10.7. The molecule has 0 aromatic heterocycles. The van der Waals surface area contributed by atoms with Gasteiger partial charge in [0.15, 0.2) is 9.12 Å². The second kappa shape index (κ2) is 5.85. The van der Waals surface area contributed by atoms with Gasteiger partial charge in [-0.15, -0.1) is 0 Å². The molecule has 0 saturated heterocycles. The maximum absolute atomic E-state index is 3.31. The molecule has 10 heavy (non-hydrogen) atoms. The quantitative estimate of drug-likeness (QED) is 0.517.